The molecule has 1 aliphatic heterocycles. The first-order valence-corrected chi connectivity index (χ1v) is 10.6. The molecule has 142 valence electrons. The summed E-state index contributed by atoms with van der Waals surface area (Å²) in [4.78, 5) is 14.8. The fourth-order valence-corrected chi connectivity index (χ4v) is 4.38. The maximum absolute atomic E-state index is 12.6. The molecule has 2 nitrogen and oxygen atoms in total. The van der Waals surface area contributed by atoms with E-state index >= 15 is 0 Å². The van der Waals surface area contributed by atoms with E-state index in [1.807, 2.05) is 0 Å². The van der Waals surface area contributed by atoms with Gasteiger partial charge in [0.2, 0.25) is 5.91 Å². The average molecular weight is 338 g/mol. The molecule has 0 radical (unpaired) electrons. The Morgan fingerprint density at radius 3 is 2.08 bits per heavy atom. The smallest absolute Gasteiger partial charge is 0.222 e. The zero-order valence-corrected chi connectivity index (χ0v) is 17.4. The molecule has 0 spiro atoms. The minimum atomic E-state index is 0.263. The Balaban J connectivity index is 3.05. The summed E-state index contributed by atoms with van der Waals surface area (Å²) < 4.78 is 0. The van der Waals surface area contributed by atoms with E-state index < -0.39 is 0 Å². The van der Waals surface area contributed by atoms with Crippen LogP contribution in [0.5, 0.6) is 0 Å². The molecule has 24 heavy (non-hydrogen) atoms. The second-order valence-corrected chi connectivity index (χ2v) is 8.79. The summed E-state index contributed by atoms with van der Waals surface area (Å²) in [6, 6.07) is 0.422. The van der Waals surface area contributed by atoms with Crippen molar-refractivity contribution in [2.24, 2.45) is 10.8 Å². The normalized spacial score (nSPS) is 21.6. The zero-order chi connectivity index (χ0) is 18.2. The number of unbranched alkanes of at least 4 members (excludes halogenated alkanes) is 2. The van der Waals surface area contributed by atoms with E-state index in [4.69, 9.17) is 0 Å². The highest BCUT2D eigenvalue weighted by Crippen LogP contribution is 2.45. The van der Waals surface area contributed by atoms with Crippen molar-refractivity contribution in [3.05, 3.63) is 0 Å². The van der Waals surface area contributed by atoms with E-state index in [2.05, 4.69) is 46.4 Å². The zero-order valence-electron chi connectivity index (χ0n) is 17.4. The van der Waals surface area contributed by atoms with Gasteiger partial charge in [-0.15, -0.1) is 0 Å². The number of carbonyl (C=O) groups excluding carboxylic acids is 1. The maximum Gasteiger partial charge on any atom is 0.222 e. The fourth-order valence-electron chi connectivity index (χ4n) is 4.38. The van der Waals surface area contributed by atoms with E-state index in [0.29, 0.717) is 17.4 Å². The van der Waals surface area contributed by atoms with Crippen LogP contribution in [0.4, 0.5) is 0 Å². The monoisotopic (exact) mass is 337 g/mol. The van der Waals surface area contributed by atoms with Crippen LogP contribution < -0.4 is 0 Å². The van der Waals surface area contributed by atoms with E-state index in [-0.39, 0.29) is 5.41 Å². The lowest BCUT2D eigenvalue weighted by Gasteiger charge is -2.47. The van der Waals surface area contributed by atoms with Gasteiger partial charge in [0, 0.05) is 19.0 Å². The van der Waals surface area contributed by atoms with Gasteiger partial charge < -0.3 is 4.90 Å². The number of likely N-dealkylation sites (tertiary alicyclic amines) is 1. The van der Waals surface area contributed by atoms with Crippen molar-refractivity contribution < 1.29 is 4.79 Å². The van der Waals surface area contributed by atoms with Crippen LogP contribution in [0.1, 0.15) is 112 Å². The van der Waals surface area contributed by atoms with Crippen molar-refractivity contribution in [1.82, 2.24) is 4.90 Å². The molecule has 1 rings (SSSR count). The Bertz CT molecular complexity index is 380. The lowest BCUT2D eigenvalue weighted by atomic mass is 9.67. The Morgan fingerprint density at radius 1 is 1.00 bits per heavy atom. The van der Waals surface area contributed by atoms with Crippen molar-refractivity contribution in [1.29, 1.82) is 0 Å². The highest BCUT2D eigenvalue weighted by molar-refractivity contribution is 5.78. The Morgan fingerprint density at radius 2 is 1.62 bits per heavy atom. The van der Waals surface area contributed by atoms with Crippen LogP contribution in [0.3, 0.4) is 0 Å². The molecule has 0 saturated carbocycles. The highest BCUT2D eigenvalue weighted by Gasteiger charge is 2.43. The van der Waals surface area contributed by atoms with Gasteiger partial charge in [-0.25, -0.2) is 0 Å². The Labute approximate surface area is 151 Å². The van der Waals surface area contributed by atoms with Crippen molar-refractivity contribution in [2.45, 2.75) is 118 Å². The first-order chi connectivity index (χ1) is 11.4. The summed E-state index contributed by atoms with van der Waals surface area (Å²) in [5.41, 5.74) is 0.630. The quantitative estimate of drug-likeness (QED) is 0.394. The van der Waals surface area contributed by atoms with Gasteiger partial charge in [0.1, 0.15) is 0 Å². The van der Waals surface area contributed by atoms with Crippen LogP contribution in [-0.2, 0) is 4.79 Å². The third kappa shape index (κ3) is 5.49. The van der Waals surface area contributed by atoms with E-state index in [1.54, 1.807) is 0 Å². The molecule has 1 fully saturated rings. The molecule has 0 aromatic carbocycles. The molecule has 0 bridgehead atoms. The summed E-state index contributed by atoms with van der Waals surface area (Å²) >= 11 is 0. The summed E-state index contributed by atoms with van der Waals surface area (Å²) in [7, 11) is 0. The van der Waals surface area contributed by atoms with Crippen LogP contribution in [0.25, 0.3) is 0 Å². The number of nitrogens with zero attached hydrogens (tertiary/aromatic N) is 1. The van der Waals surface area contributed by atoms with Gasteiger partial charge in [-0.1, -0.05) is 73.6 Å². The van der Waals surface area contributed by atoms with Crippen molar-refractivity contribution in [2.75, 3.05) is 6.54 Å². The molecule has 0 aliphatic carbocycles. The van der Waals surface area contributed by atoms with Gasteiger partial charge in [-0.2, -0.15) is 0 Å². The molecule has 0 aromatic heterocycles. The van der Waals surface area contributed by atoms with Gasteiger partial charge in [0.25, 0.3) is 0 Å². The second-order valence-electron chi connectivity index (χ2n) is 8.79. The van der Waals surface area contributed by atoms with Gasteiger partial charge in [-0.3, -0.25) is 4.79 Å². The lowest BCUT2D eigenvalue weighted by Crippen LogP contribution is -2.49. The van der Waals surface area contributed by atoms with Gasteiger partial charge in [0.05, 0.1) is 0 Å². The van der Waals surface area contributed by atoms with Crippen molar-refractivity contribution >= 4 is 5.91 Å². The van der Waals surface area contributed by atoms with Crippen molar-refractivity contribution in [3.8, 4) is 0 Å². The van der Waals surface area contributed by atoms with E-state index in [0.717, 1.165) is 19.4 Å². The first-order valence-electron chi connectivity index (χ1n) is 10.6. The maximum atomic E-state index is 12.6. The standard InChI is InChI=1S/C22H43NO/c1-7-11-15-21(5,9-3)18-19(23-17-13-14-20(23)24)22(6,10-4)16-12-8-2/h19H,7-18H2,1-6H3. The predicted molar refractivity (Wildman–Crippen MR) is 105 cm³/mol. The molecule has 1 amide bonds. The highest BCUT2D eigenvalue weighted by atomic mass is 16.2. The van der Waals surface area contributed by atoms with E-state index in [1.165, 1.54) is 57.8 Å². The molecule has 1 saturated heterocycles. The molecule has 3 unspecified atom stereocenters. The second kappa shape index (κ2) is 9.82. The Hall–Kier alpha value is -0.530. The largest absolute Gasteiger partial charge is 0.339 e. The topological polar surface area (TPSA) is 20.3 Å². The summed E-state index contributed by atoms with van der Waals surface area (Å²) in [6.45, 7) is 15.1. The molecule has 3 atom stereocenters. The van der Waals surface area contributed by atoms with Gasteiger partial charge in [-0.05, 0) is 42.9 Å². The lowest BCUT2D eigenvalue weighted by molar-refractivity contribution is -0.133. The third-order valence-corrected chi connectivity index (χ3v) is 6.87. The third-order valence-electron chi connectivity index (χ3n) is 6.87. The SMILES string of the molecule is CCCCC(C)(CC)CC(N1CCCC1=O)C(C)(CC)CCCC. The molecular formula is C22H43NO. The van der Waals surface area contributed by atoms with E-state index in [9.17, 15) is 4.79 Å². The average Bonchev–Trinajstić information content (AvgIpc) is 3.01. The van der Waals surface area contributed by atoms with Crippen LogP contribution in [0.2, 0.25) is 0 Å². The number of hydrogen-bond acceptors (Lipinski definition) is 1. The van der Waals surface area contributed by atoms with Gasteiger partial charge in [0.15, 0.2) is 0 Å². The van der Waals surface area contributed by atoms with Crippen LogP contribution in [0, 0.1) is 10.8 Å². The van der Waals surface area contributed by atoms with Crippen LogP contribution in [0.15, 0.2) is 0 Å². The molecule has 0 N–H and O–H groups in total. The molecular weight excluding hydrogens is 294 g/mol. The fraction of sp³-hybridized carbons (Fsp3) is 0.955. The van der Waals surface area contributed by atoms with Gasteiger partial charge >= 0.3 is 0 Å². The number of amides is 1. The number of hydrogen-bond donors (Lipinski definition) is 0. The summed E-state index contributed by atoms with van der Waals surface area (Å²) in [5.74, 6) is 0.408. The number of rotatable bonds is 12. The Kier molecular flexibility index (Phi) is 8.81. The molecule has 0 aromatic rings. The first kappa shape index (κ1) is 21.5. The molecule has 1 heterocycles. The summed E-state index contributed by atoms with van der Waals surface area (Å²) in [6.07, 6.45) is 13.1. The molecule has 1 aliphatic rings. The van der Waals surface area contributed by atoms with Crippen molar-refractivity contribution in [3.63, 3.8) is 0 Å². The minimum absolute atomic E-state index is 0.263. The van der Waals surface area contributed by atoms with Crippen LogP contribution >= 0.6 is 0 Å². The summed E-state index contributed by atoms with van der Waals surface area (Å²) in [5, 5.41) is 0. The van der Waals surface area contributed by atoms with Crippen LogP contribution in [-0.4, -0.2) is 23.4 Å². The number of carbonyl (C=O) groups is 1. The molecule has 2 heteroatoms. The minimum Gasteiger partial charge on any atom is -0.339 e. The predicted octanol–water partition coefficient (Wildman–Crippen LogP) is 6.58.